The van der Waals surface area contributed by atoms with Crippen LogP contribution in [0, 0.1) is 10.1 Å². The van der Waals surface area contributed by atoms with Gasteiger partial charge >= 0.3 is 5.97 Å². The van der Waals surface area contributed by atoms with Gasteiger partial charge in [-0.1, -0.05) is 12.1 Å². The van der Waals surface area contributed by atoms with Gasteiger partial charge in [-0.05, 0) is 30.3 Å². The normalized spacial score (nSPS) is 17.9. The third kappa shape index (κ3) is 2.98. The molecule has 2 amide bonds. The van der Waals surface area contributed by atoms with Crippen molar-refractivity contribution in [3.8, 4) is 0 Å². The molecule has 0 aliphatic carbocycles. The van der Waals surface area contributed by atoms with Crippen molar-refractivity contribution < 1.29 is 24.4 Å². The number of amides is 2. The molecule has 0 radical (unpaired) electrons. The lowest BCUT2D eigenvalue weighted by atomic mass is 10.2. The highest BCUT2D eigenvalue weighted by Crippen LogP contribution is 2.33. The summed E-state index contributed by atoms with van der Waals surface area (Å²) >= 11 is 0.602. The van der Waals surface area contributed by atoms with Crippen molar-refractivity contribution in [2.75, 3.05) is 0 Å². The number of rotatable bonds is 4. The molecule has 0 unspecified atom stereocenters. The first-order chi connectivity index (χ1) is 10.3. The van der Waals surface area contributed by atoms with Crippen molar-refractivity contribution >= 4 is 40.6 Å². The fourth-order valence-corrected chi connectivity index (χ4v) is 2.71. The van der Waals surface area contributed by atoms with Gasteiger partial charge in [-0.25, -0.2) is 4.79 Å². The summed E-state index contributed by atoms with van der Waals surface area (Å²) in [5.41, 5.74) is 0.231. The minimum atomic E-state index is -1.29. The van der Waals surface area contributed by atoms with Gasteiger partial charge in [-0.3, -0.25) is 24.6 Å². The van der Waals surface area contributed by atoms with E-state index in [-0.39, 0.29) is 10.6 Å². The van der Waals surface area contributed by atoms with Crippen LogP contribution in [-0.2, 0) is 9.59 Å². The number of nitro groups is 1. The number of carboxylic acid groups (broad SMARTS) is 1. The molecule has 1 aliphatic rings. The fourth-order valence-electron chi connectivity index (χ4n) is 1.80. The van der Waals surface area contributed by atoms with Gasteiger partial charge in [0.05, 0.1) is 9.83 Å². The summed E-state index contributed by atoms with van der Waals surface area (Å²) in [6.45, 7) is 1.23. The number of nitro benzene ring substituents is 1. The van der Waals surface area contributed by atoms with Crippen LogP contribution in [0.15, 0.2) is 29.2 Å². The van der Waals surface area contributed by atoms with E-state index in [1.54, 1.807) is 6.07 Å². The second-order valence-electron chi connectivity index (χ2n) is 4.42. The Balaban J connectivity index is 2.32. The van der Waals surface area contributed by atoms with Crippen LogP contribution in [0.25, 0.3) is 6.08 Å². The molecular weight excluding hydrogens is 312 g/mol. The topological polar surface area (TPSA) is 118 Å². The Labute approximate surface area is 128 Å². The van der Waals surface area contributed by atoms with Crippen LogP contribution < -0.4 is 0 Å². The molecule has 1 aromatic rings. The number of aliphatic carboxylic acids is 1. The average molecular weight is 322 g/mol. The number of thioether (sulfide) groups is 1. The molecule has 0 spiro atoms. The van der Waals surface area contributed by atoms with Crippen LogP contribution in [0.2, 0.25) is 0 Å². The number of carboxylic acids is 1. The lowest BCUT2D eigenvalue weighted by molar-refractivity contribution is -0.384. The summed E-state index contributed by atoms with van der Waals surface area (Å²) in [6, 6.07) is 4.28. The van der Waals surface area contributed by atoms with Crippen molar-refractivity contribution in [1.29, 1.82) is 0 Å². The van der Waals surface area contributed by atoms with Gasteiger partial charge in [0.2, 0.25) is 0 Å². The van der Waals surface area contributed by atoms with Crippen molar-refractivity contribution in [2.24, 2.45) is 0 Å². The van der Waals surface area contributed by atoms with Crippen molar-refractivity contribution in [2.45, 2.75) is 13.0 Å². The van der Waals surface area contributed by atoms with E-state index in [0.29, 0.717) is 22.2 Å². The highest BCUT2D eigenvalue weighted by molar-refractivity contribution is 8.18. The monoisotopic (exact) mass is 322 g/mol. The van der Waals surface area contributed by atoms with Gasteiger partial charge < -0.3 is 5.11 Å². The molecule has 1 atom stereocenters. The number of hydrogen-bond donors (Lipinski definition) is 1. The number of nitrogens with zero attached hydrogens (tertiary/aromatic N) is 2. The predicted molar refractivity (Wildman–Crippen MR) is 78.0 cm³/mol. The van der Waals surface area contributed by atoms with Crippen LogP contribution in [0.1, 0.15) is 12.5 Å². The highest BCUT2D eigenvalue weighted by Gasteiger charge is 2.40. The van der Waals surface area contributed by atoms with E-state index in [4.69, 9.17) is 5.11 Å². The molecule has 2 rings (SSSR count). The number of hydrogen-bond acceptors (Lipinski definition) is 6. The molecule has 0 bridgehead atoms. The van der Waals surface area contributed by atoms with Gasteiger partial charge in [0.1, 0.15) is 6.04 Å². The van der Waals surface area contributed by atoms with Crippen LogP contribution in [-0.4, -0.2) is 38.1 Å². The van der Waals surface area contributed by atoms with Crippen molar-refractivity contribution in [1.82, 2.24) is 4.90 Å². The average Bonchev–Trinajstić information content (AvgIpc) is 2.73. The summed E-state index contributed by atoms with van der Waals surface area (Å²) in [4.78, 5) is 45.6. The minimum Gasteiger partial charge on any atom is -0.480 e. The Morgan fingerprint density at radius 3 is 2.73 bits per heavy atom. The summed E-state index contributed by atoms with van der Waals surface area (Å²) in [5, 5.41) is 18.9. The largest absolute Gasteiger partial charge is 0.480 e. The zero-order valence-electron chi connectivity index (χ0n) is 11.3. The maximum atomic E-state index is 12.1. The third-order valence-electron chi connectivity index (χ3n) is 2.95. The van der Waals surface area contributed by atoms with Crippen molar-refractivity contribution in [3.05, 3.63) is 44.8 Å². The molecule has 1 aromatic carbocycles. The van der Waals surface area contributed by atoms with E-state index < -0.39 is 28.1 Å². The summed E-state index contributed by atoms with van der Waals surface area (Å²) in [5.74, 6) is -2.02. The van der Waals surface area contributed by atoms with E-state index in [0.717, 1.165) is 0 Å². The van der Waals surface area contributed by atoms with Gasteiger partial charge in [-0.2, -0.15) is 0 Å². The fraction of sp³-hybridized carbons (Fsp3) is 0.154. The van der Waals surface area contributed by atoms with E-state index >= 15 is 0 Å². The lowest BCUT2D eigenvalue weighted by Crippen LogP contribution is -2.41. The first kappa shape index (κ1) is 15.7. The molecule has 1 heterocycles. The summed E-state index contributed by atoms with van der Waals surface area (Å²) < 4.78 is 0. The lowest BCUT2D eigenvalue weighted by Gasteiger charge is -2.16. The Morgan fingerprint density at radius 2 is 2.14 bits per heavy atom. The number of carbonyl (C=O) groups excluding carboxylic acids is 2. The van der Waals surface area contributed by atoms with Crippen LogP contribution in [0.5, 0.6) is 0 Å². The SMILES string of the molecule is C[C@H](C(=O)O)N1C(=O)S/C(=C\c2cccc([N+](=O)[O-])c2)C1=O. The Hall–Kier alpha value is -2.68. The molecule has 9 heteroatoms. The Morgan fingerprint density at radius 1 is 1.45 bits per heavy atom. The van der Waals surface area contributed by atoms with E-state index in [2.05, 4.69) is 0 Å². The molecule has 1 N–H and O–H groups in total. The molecule has 22 heavy (non-hydrogen) atoms. The van der Waals surface area contributed by atoms with Gasteiger partial charge in [0, 0.05) is 12.1 Å². The smallest absolute Gasteiger partial charge is 0.326 e. The second kappa shape index (κ2) is 5.98. The number of benzene rings is 1. The van der Waals surface area contributed by atoms with Crippen LogP contribution >= 0.6 is 11.8 Å². The molecule has 1 aliphatic heterocycles. The molecule has 8 nitrogen and oxygen atoms in total. The third-order valence-corrected chi connectivity index (χ3v) is 3.83. The van der Waals surface area contributed by atoms with Crippen molar-refractivity contribution in [3.63, 3.8) is 0 Å². The maximum absolute atomic E-state index is 12.1. The van der Waals surface area contributed by atoms with E-state index in [9.17, 15) is 24.5 Å². The molecular formula is C13H10N2O6S. The van der Waals surface area contributed by atoms with Gasteiger partial charge in [0.15, 0.2) is 0 Å². The summed E-state index contributed by atoms with van der Waals surface area (Å²) in [7, 11) is 0. The van der Waals surface area contributed by atoms with Crippen LogP contribution in [0.3, 0.4) is 0 Å². The predicted octanol–water partition coefficient (Wildman–Crippen LogP) is 2.10. The highest BCUT2D eigenvalue weighted by atomic mass is 32.2. The first-order valence-electron chi connectivity index (χ1n) is 6.05. The molecule has 114 valence electrons. The molecule has 0 aromatic heterocycles. The van der Waals surface area contributed by atoms with E-state index in [1.165, 1.54) is 31.2 Å². The molecule has 1 saturated heterocycles. The number of non-ortho nitro benzene ring substituents is 1. The molecule has 0 saturated carbocycles. The summed E-state index contributed by atoms with van der Waals surface area (Å²) in [6.07, 6.45) is 1.33. The number of imide groups is 1. The molecule has 1 fully saturated rings. The standard InChI is InChI=1S/C13H10N2O6S/c1-7(12(17)18)14-11(16)10(22-13(14)19)6-8-3-2-4-9(5-8)15(20)21/h2-7H,1H3,(H,17,18)/b10-6-/t7-/m1/s1. The zero-order chi connectivity index (χ0) is 16.4. The Bertz CT molecular complexity index is 714. The quantitative estimate of drug-likeness (QED) is 0.512. The Kier molecular flexibility index (Phi) is 4.27. The zero-order valence-corrected chi connectivity index (χ0v) is 12.1. The first-order valence-corrected chi connectivity index (χ1v) is 6.87. The van der Waals surface area contributed by atoms with Gasteiger partial charge in [0.25, 0.3) is 16.8 Å². The maximum Gasteiger partial charge on any atom is 0.326 e. The van der Waals surface area contributed by atoms with Gasteiger partial charge in [-0.15, -0.1) is 0 Å². The minimum absolute atomic E-state index is 0.0265. The van der Waals surface area contributed by atoms with E-state index in [1.807, 2.05) is 0 Å². The van der Waals surface area contributed by atoms with Crippen LogP contribution in [0.4, 0.5) is 10.5 Å². The number of carbonyl (C=O) groups is 3. The second-order valence-corrected chi connectivity index (χ2v) is 5.41.